The molecule has 3 aromatic carbocycles. The number of rotatable bonds is 8. The number of nitriles is 1. The number of hydrogen-bond acceptors (Lipinski definition) is 5. The molecule has 0 aromatic heterocycles. The Morgan fingerprint density at radius 3 is 2.32 bits per heavy atom. The van der Waals surface area contributed by atoms with E-state index in [1.807, 2.05) is 24.3 Å². The maximum absolute atomic E-state index is 13.3. The van der Waals surface area contributed by atoms with E-state index in [2.05, 4.69) is 16.1 Å². The molecular formula is C28H30N4O4S. The minimum atomic E-state index is -3.98. The smallest absolute Gasteiger partial charge is 0.245 e. The van der Waals surface area contributed by atoms with Crippen LogP contribution in [0.5, 0.6) is 0 Å². The molecule has 2 atom stereocenters. The maximum Gasteiger partial charge on any atom is 0.245 e. The second-order valence-electron chi connectivity index (χ2n) is 9.31. The van der Waals surface area contributed by atoms with Crippen LogP contribution in [0.25, 0.3) is 10.8 Å². The predicted octanol–water partition coefficient (Wildman–Crippen LogP) is 3.12. The molecule has 0 saturated carbocycles. The minimum absolute atomic E-state index is 0.0596. The summed E-state index contributed by atoms with van der Waals surface area (Å²) in [6, 6.07) is 19.2. The summed E-state index contributed by atoms with van der Waals surface area (Å²) in [5.41, 5.74) is 1.29. The number of hydrogen-bond donors (Lipinski definition) is 2. The zero-order valence-corrected chi connectivity index (χ0v) is 21.5. The molecule has 0 bridgehead atoms. The lowest BCUT2D eigenvalue weighted by atomic mass is 10.0. The molecule has 3 aromatic rings. The van der Waals surface area contributed by atoms with Crippen LogP contribution in [0, 0.1) is 11.3 Å². The Kier molecular flexibility index (Phi) is 8.21. The van der Waals surface area contributed by atoms with Crippen molar-refractivity contribution in [3.63, 3.8) is 0 Å². The first-order chi connectivity index (χ1) is 17.8. The predicted molar refractivity (Wildman–Crippen MR) is 141 cm³/mol. The third-order valence-corrected chi connectivity index (χ3v) is 8.10. The van der Waals surface area contributed by atoms with Gasteiger partial charge in [0, 0.05) is 19.5 Å². The normalized spacial score (nSPS) is 15.5. The second kappa shape index (κ2) is 11.5. The van der Waals surface area contributed by atoms with Crippen molar-refractivity contribution < 1.29 is 18.0 Å². The number of nitrogens with one attached hydrogen (secondary N) is 2. The Balaban J connectivity index is 1.49. The quantitative estimate of drug-likeness (QED) is 0.475. The first-order valence-corrected chi connectivity index (χ1v) is 13.8. The first-order valence-electron chi connectivity index (χ1n) is 12.4. The zero-order chi connectivity index (χ0) is 26.4. The fraction of sp³-hybridized carbons (Fsp3) is 0.321. The lowest BCUT2D eigenvalue weighted by molar-refractivity contribution is -0.137. The van der Waals surface area contributed by atoms with Crippen molar-refractivity contribution >= 4 is 32.6 Å². The summed E-state index contributed by atoms with van der Waals surface area (Å²) in [7, 11) is -3.98. The van der Waals surface area contributed by atoms with Crippen LogP contribution in [0.4, 0.5) is 0 Å². The van der Waals surface area contributed by atoms with Crippen LogP contribution in [0.1, 0.15) is 37.3 Å². The highest BCUT2D eigenvalue weighted by Gasteiger charge is 2.30. The number of fused-ring (bicyclic) bond motifs is 1. The minimum Gasteiger partial charge on any atom is -0.343 e. The van der Waals surface area contributed by atoms with E-state index in [0.29, 0.717) is 18.7 Å². The van der Waals surface area contributed by atoms with Crippen LogP contribution in [0.2, 0.25) is 0 Å². The van der Waals surface area contributed by atoms with E-state index >= 15 is 0 Å². The Hall–Kier alpha value is -3.74. The molecule has 1 saturated heterocycles. The number of amides is 2. The van der Waals surface area contributed by atoms with Crippen molar-refractivity contribution in [2.75, 3.05) is 13.1 Å². The standard InChI is InChI=1S/C28H30N4O4S/c1-20(31-37(35,36)25-14-13-23-7-3-4-8-24(23)18-25)27(33)30-26(28(34)32-15-5-2-6-16-32)17-21-9-11-22(19-29)12-10-21/h3-4,7-14,18,20,26,31H,2,5-6,15-17H2,1H3,(H,30,33)/t20-,26-/m0/s1. The van der Waals surface area contributed by atoms with Crippen LogP contribution >= 0.6 is 0 Å². The maximum atomic E-state index is 13.3. The highest BCUT2D eigenvalue weighted by atomic mass is 32.2. The third-order valence-electron chi connectivity index (χ3n) is 6.56. The van der Waals surface area contributed by atoms with Gasteiger partial charge in [0.25, 0.3) is 0 Å². The van der Waals surface area contributed by atoms with Gasteiger partial charge < -0.3 is 10.2 Å². The third kappa shape index (κ3) is 6.53. The van der Waals surface area contributed by atoms with Gasteiger partial charge in [0.1, 0.15) is 6.04 Å². The Morgan fingerprint density at radius 2 is 1.65 bits per heavy atom. The van der Waals surface area contributed by atoms with Gasteiger partial charge in [0.2, 0.25) is 21.8 Å². The Labute approximate surface area is 217 Å². The van der Waals surface area contributed by atoms with Crippen LogP contribution in [-0.4, -0.2) is 50.3 Å². The highest BCUT2D eigenvalue weighted by Crippen LogP contribution is 2.19. The monoisotopic (exact) mass is 518 g/mol. The lowest BCUT2D eigenvalue weighted by Gasteiger charge is -2.31. The molecule has 4 rings (SSSR count). The summed E-state index contributed by atoms with van der Waals surface area (Å²) in [4.78, 5) is 28.2. The van der Waals surface area contributed by atoms with Crippen molar-refractivity contribution in [3.05, 3.63) is 77.9 Å². The van der Waals surface area contributed by atoms with Gasteiger partial charge in [0.05, 0.1) is 22.6 Å². The van der Waals surface area contributed by atoms with E-state index in [0.717, 1.165) is 35.6 Å². The van der Waals surface area contributed by atoms with Gasteiger partial charge in [-0.1, -0.05) is 42.5 Å². The number of nitrogens with zero attached hydrogens (tertiary/aromatic N) is 2. The molecule has 0 spiro atoms. The number of sulfonamides is 1. The zero-order valence-electron chi connectivity index (χ0n) is 20.7. The van der Waals surface area contributed by atoms with E-state index in [4.69, 9.17) is 5.26 Å². The average Bonchev–Trinajstić information content (AvgIpc) is 2.92. The van der Waals surface area contributed by atoms with Crippen molar-refractivity contribution in [3.8, 4) is 6.07 Å². The molecule has 37 heavy (non-hydrogen) atoms. The molecule has 0 aliphatic carbocycles. The van der Waals surface area contributed by atoms with Gasteiger partial charge >= 0.3 is 0 Å². The van der Waals surface area contributed by atoms with E-state index in [1.54, 1.807) is 41.3 Å². The number of carbonyl (C=O) groups excluding carboxylic acids is 2. The van der Waals surface area contributed by atoms with Gasteiger partial charge in [-0.25, -0.2) is 8.42 Å². The topological polar surface area (TPSA) is 119 Å². The summed E-state index contributed by atoms with van der Waals surface area (Å²) in [5, 5.41) is 13.5. The van der Waals surface area contributed by atoms with E-state index in [1.165, 1.54) is 13.0 Å². The fourth-order valence-corrected chi connectivity index (χ4v) is 5.71. The number of benzene rings is 3. The fourth-order valence-electron chi connectivity index (χ4n) is 4.47. The van der Waals surface area contributed by atoms with Gasteiger partial charge in [0.15, 0.2) is 0 Å². The van der Waals surface area contributed by atoms with Crippen molar-refractivity contribution in [2.24, 2.45) is 0 Å². The molecule has 1 heterocycles. The van der Waals surface area contributed by atoms with Crippen molar-refractivity contribution in [1.82, 2.24) is 14.9 Å². The number of piperidine rings is 1. The molecule has 8 nitrogen and oxygen atoms in total. The molecule has 1 aliphatic heterocycles. The summed E-state index contributed by atoms with van der Waals surface area (Å²) in [6.45, 7) is 2.71. The lowest BCUT2D eigenvalue weighted by Crippen LogP contribution is -2.55. The summed E-state index contributed by atoms with van der Waals surface area (Å²) >= 11 is 0. The Bertz CT molecular complexity index is 1420. The van der Waals surface area contributed by atoms with Crippen LogP contribution in [-0.2, 0) is 26.0 Å². The highest BCUT2D eigenvalue weighted by molar-refractivity contribution is 7.89. The van der Waals surface area contributed by atoms with Crippen LogP contribution in [0.15, 0.2) is 71.6 Å². The van der Waals surface area contributed by atoms with Crippen LogP contribution < -0.4 is 10.0 Å². The van der Waals surface area contributed by atoms with E-state index in [9.17, 15) is 18.0 Å². The van der Waals surface area contributed by atoms with E-state index in [-0.39, 0.29) is 17.2 Å². The number of likely N-dealkylation sites (tertiary alicyclic amines) is 1. The first kappa shape index (κ1) is 26.3. The van der Waals surface area contributed by atoms with Crippen LogP contribution in [0.3, 0.4) is 0 Å². The van der Waals surface area contributed by atoms with E-state index < -0.39 is 28.0 Å². The molecule has 0 radical (unpaired) electrons. The largest absolute Gasteiger partial charge is 0.343 e. The molecule has 192 valence electrons. The summed E-state index contributed by atoms with van der Waals surface area (Å²) in [5.74, 6) is -0.782. The number of carbonyl (C=O) groups is 2. The van der Waals surface area contributed by atoms with Gasteiger partial charge in [-0.15, -0.1) is 0 Å². The Morgan fingerprint density at radius 1 is 0.973 bits per heavy atom. The van der Waals surface area contributed by atoms with Crippen molar-refractivity contribution in [2.45, 2.75) is 49.6 Å². The summed E-state index contributed by atoms with van der Waals surface area (Å²) in [6.07, 6.45) is 3.11. The SMILES string of the molecule is C[C@H](NS(=O)(=O)c1ccc2ccccc2c1)C(=O)N[C@@H](Cc1ccc(C#N)cc1)C(=O)N1CCCCC1. The van der Waals surface area contributed by atoms with Gasteiger partial charge in [-0.05, 0) is 66.8 Å². The average molecular weight is 519 g/mol. The molecule has 0 unspecified atom stereocenters. The molecular weight excluding hydrogens is 488 g/mol. The molecule has 9 heteroatoms. The van der Waals surface area contributed by atoms with Gasteiger partial charge in [-0.3, -0.25) is 9.59 Å². The molecule has 1 fully saturated rings. The molecule has 2 amide bonds. The van der Waals surface area contributed by atoms with Gasteiger partial charge in [-0.2, -0.15) is 9.98 Å². The summed E-state index contributed by atoms with van der Waals surface area (Å²) < 4.78 is 28.5. The second-order valence-corrected chi connectivity index (χ2v) is 11.0. The molecule has 2 N–H and O–H groups in total. The molecule has 1 aliphatic rings. The van der Waals surface area contributed by atoms with Crippen molar-refractivity contribution in [1.29, 1.82) is 5.26 Å².